The summed E-state index contributed by atoms with van der Waals surface area (Å²) >= 11 is 0. The Bertz CT molecular complexity index is 1040. The Balaban J connectivity index is 1.77. The van der Waals surface area contributed by atoms with E-state index >= 15 is 0 Å². The number of aromatic nitrogens is 1. The van der Waals surface area contributed by atoms with Gasteiger partial charge in [-0.1, -0.05) is 18.2 Å². The topological polar surface area (TPSA) is 93.6 Å². The molecule has 2 atom stereocenters. The van der Waals surface area contributed by atoms with Crippen molar-refractivity contribution >= 4 is 30.8 Å². The average Bonchev–Trinajstić information content (AvgIpc) is 3.28. The number of hydrogen-bond donors (Lipinski definition) is 0. The van der Waals surface area contributed by atoms with Crippen LogP contribution in [0.15, 0.2) is 41.4 Å². The molecule has 0 spiro atoms. The van der Waals surface area contributed by atoms with Crippen molar-refractivity contribution in [2.75, 3.05) is 24.7 Å². The summed E-state index contributed by atoms with van der Waals surface area (Å²) in [7, 11) is -7.14. The number of ether oxygens (including phenoxy) is 1. The third kappa shape index (κ3) is 3.73. The van der Waals surface area contributed by atoms with E-state index in [0.717, 1.165) is 18.2 Å². The van der Waals surface area contributed by atoms with Gasteiger partial charge in [0.25, 0.3) is 0 Å². The number of para-hydroxylation sites is 1. The van der Waals surface area contributed by atoms with E-state index in [0.29, 0.717) is 18.5 Å². The molecule has 1 aromatic carbocycles. The van der Waals surface area contributed by atoms with Gasteiger partial charge in [0.2, 0.25) is 10.0 Å². The zero-order chi connectivity index (χ0) is 19.1. The van der Waals surface area contributed by atoms with Crippen molar-refractivity contribution in [1.82, 2.24) is 9.29 Å². The second-order valence-corrected chi connectivity index (χ2v) is 11.2. The Hall–Kier alpha value is -1.55. The minimum Gasteiger partial charge on any atom is -0.377 e. The van der Waals surface area contributed by atoms with Crippen molar-refractivity contribution in [2.45, 2.75) is 36.3 Å². The quantitative estimate of drug-likeness (QED) is 0.743. The fourth-order valence-electron chi connectivity index (χ4n) is 3.85. The standard InChI is InChI=1S/C18H22N2O5S2/c21-26(22)11-8-15(13-26)20(12-16-6-3-10-25-16)27(23,24)17-7-1-4-14-5-2-9-19-18(14)17/h1-2,4-5,7,9,15-16H,3,6,8,10-13H2/t15-,16-/m1/s1. The molecule has 2 fully saturated rings. The molecule has 0 N–H and O–H groups in total. The van der Waals surface area contributed by atoms with Crippen LogP contribution in [0.4, 0.5) is 0 Å². The molecule has 0 amide bonds. The van der Waals surface area contributed by atoms with Crippen molar-refractivity contribution < 1.29 is 21.6 Å². The van der Waals surface area contributed by atoms with E-state index in [-0.39, 0.29) is 29.0 Å². The number of sulfone groups is 1. The van der Waals surface area contributed by atoms with Crippen molar-refractivity contribution in [3.63, 3.8) is 0 Å². The van der Waals surface area contributed by atoms with Gasteiger partial charge in [0.1, 0.15) is 4.90 Å². The van der Waals surface area contributed by atoms with Crippen LogP contribution in [-0.2, 0) is 24.6 Å². The van der Waals surface area contributed by atoms with E-state index in [1.807, 2.05) is 12.1 Å². The fraction of sp³-hybridized carbons (Fsp3) is 0.500. The summed E-state index contributed by atoms with van der Waals surface area (Å²) in [6.07, 6.45) is 3.33. The maximum atomic E-state index is 13.6. The molecule has 2 aliphatic rings. The molecule has 2 aliphatic heterocycles. The lowest BCUT2D eigenvalue weighted by Gasteiger charge is -2.29. The first-order valence-electron chi connectivity index (χ1n) is 9.04. The smallest absolute Gasteiger partial charge is 0.245 e. The Morgan fingerprint density at radius 2 is 2.00 bits per heavy atom. The van der Waals surface area contributed by atoms with Gasteiger partial charge in [0.15, 0.2) is 9.84 Å². The van der Waals surface area contributed by atoms with Crippen LogP contribution >= 0.6 is 0 Å². The first kappa shape index (κ1) is 18.8. The highest BCUT2D eigenvalue weighted by molar-refractivity contribution is 7.92. The lowest BCUT2D eigenvalue weighted by Crippen LogP contribution is -2.45. The molecule has 7 nitrogen and oxygen atoms in total. The molecule has 2 saturated heterocycles. The van der Waals surface area contributed by atoms with Crippen LogP contribution in [0.2, 0.25) is 0 Å². The van der Waals surface area contributed by atoms with Crippen LogP contribution in [0.25, 0.3) is 10.9 Å². The summed E-state index contributed by atoms with van der Waals surface area (Å²) in [5, 5.41) is 0.731. The Labute approximate surface area is 159 Å². The summed E-state index contributed by atoms with van der Waals surface area (Å²) in [5.74, 6) is -0.125. The van der Waals surface area contributed by atoms with Crippen LogP contribution in [-0.4, -0.2) is 62.9 Å². The maximum absolute atomic E-state index is 13.6. The third-order valence-corrected chi connectivity index (χ3v) is 8.91. The molecule has 0 bridgehead atoms. The van der Waals surface area contributed by atoms with Crippen LogP contribution in [0.1, 0.15) is 19.3 Å². The summed E-state index contributed by atoms with van der Waals surface area (Å²) < 4.78 is 58.1. The van der Waals surface area contributed by atoms with Gasteiger partial charge in [0.05, 0.1) is 23.1 Å². The predicted octanol–water partition coefficient (Wildman–Crippen LogP) is 1.59. The second kappa shape index (κ2) is 7.12. The Morgan fingerprint density at radius 3 is 2.70 bits per heavy atom. The summed E-state index contributed by atoms with van der Waals surface area (Å²) in [4.78, 5) is 4.38. The van der Waals surface area contributed by atoms with Crippen LogP contribution < -0.4 is 0 Å². The number of hydrogen-bond acceptors (Lipinski definition) is 6. The molecule has 0 radical (unpaired) electrons. The highest BCUT2D eigenvalue weighted by Gasteiger charge is 2.41. The van der Waals surface area contributed by atoms with E-state index in [2.05, 4.69) is 4.98 Å². The summed E-state index contributed by atoms with van der Waals surface area (Å²) in [6.45, 7) is 0.781. The van der Waals surface area contributed by atoms with Gasteiger partial charge in [-0.25, -0.2) is 16.8 Å². The molecule has 3 heterocycles. The molecule has 146 valence electrons. The van der Waals surface area contributed by atoms with Gasteiger partial charge < -0.3 is 4.74 Å². The molecule has 9 heteroatoms. The first-order chi connectivity index (χ1) is 12.9. The number of sulfonamides is 1. The zero-order valence-corrected chi connectivity index (χ0v) is 16.5. The molecule has 27 heavy (non-hydrogen) atoms. The molecular formula is C18H22N2O5S2. The highest BCUT2D eigenvalue weighted by atomic mass is 32.2. The van der Waals surface area contributed by atoms with E-state index in [9.17, 15) is 16.8 Å². The molecule has 0 aliphatic carbocycles. The minimum atomic E-state index is -3.92. The normalized spacial score (nSPS) is 25.4. The van der Waals surface area contributed by atoms with Crippen molar-refractivity contribution in [1.29, 1.82) is 0 Å². The van der Waals surface area contributed by atoms with E-state index < -0.39 is 25.9 Å². The average molecular weight is 411 g/mol. The third-order valence-electron chi connectivity index (χ3n) is 5.21. The van der Waals surface area contributed by atoms with Gasteiger partial charge in [-0.15, -0.1) is 0 Å². The summed E-state index contributed by atoms with van der Waals surface area (Å²) in [6, 6.07) is 8.04. The molecule has 2 aromatic rings. The monoisotopic (exact) mass is 410 g/mol. The Morgan fingerprint density at radius 1 is 1.19 bits per heavy atom. The second-order valence-electron chi connectivity index (χ2n) is 7.10. The van der Waals surface area contributed by atoms with Gasteiger partial charge in [-0.3, -0.25) is 4.98 Å². The van der Waals surface area contributed by atoms with E-state index in [4.69, 9.17) is 4.74 Å². The highest BCUT2D eigenvalue weighted by Crippen LogP contribution is 2.30. The van der Waals surface area contributed by atoms with Gasteiger partial charge in [0, 0.05) is 30.8 Å². The van der Waals surface area contributed by atoms with Gasteiger partial charge in [-0.2, -0.15) is 4.31 Å². The largest absolute Gasteiger partial charge is 0.377 e. The van der Waals surface area contributed by atoms with Crippen LogP contribution in [0.3, 0.4) is 0 Å². The van der Waals surface area contributed by atoms with E-state index in [1.54, 1.807) is 18.3 Å². The van der Waals surface area contributed by atoms with Gasteiger partial charge >= 0.3 is 0 Å². The van der Waals surface area contributed by atoms with Crippen LogP contribution in [0, 0.1) is 0 Å². The number of benzene rings is 1. The molecular weight excluding hydrogens is 388 g/mol. The van der Waals surface area contributed by atoms with Crippen LogP contribution in [0.5, 0.6) is 0 Å². The zero-order valence-electron chi connectivity index (χ0n) is 14.8. The summed E-state index contributed by atoms with van der Waals surface area (Å²) in [5.41, 5.74) is 0.401. The number of rotatable bonds is 5. The van der Waals surface area contributed by atoms with Crippen molar-refractivity contribution in [3.8, 4) is 0 Å². The van der Waals surface area contributed by atoms with Crippen molar-refractivity contribution in [3.05, 3.63) is 36.5 Å². The molecule has 0 saturated carbocycles. The SMILES string of the molecule is O=S1(=O)CC[C@@H](N(C[C@H]2CCCO2)S(=O)(=O)c2cccc3cccnc23)C1. The molecule has 0 unspecified atom stereocenters. The van der Waals surface area contributed by atoms with E-state index in [1.165, 1.54) is 10.4 Å². The predicted molar refractivity (Wildman–Crippen MR) is 102 cm³/mol. The molecule has 4 rings (SSSR count). The molecule has 1 aromatic heterocycles. The Kier molecular flexibility index (Phi) is 4.96. The number of pyridine rings is 1. The maximum Gasteiger partial charge on any atom is 0.245 e. The number of fused-ring (bicyclic) bond motifs is 1. The fourth-order valence-corrected chi connectivity index (χ4v) is 7.52. The number of nitrogens with zero attached hydrogens (tertiary/aromatic N) is 2. The minimum absolute atomic E-state index is 0.0169. The van der Waals surface area contributed by atoms with Crippen molar-refractivity contribution in [2.24, 2.45) is 0 Å². The lowest BCUT2D eigenvalue weighted by atomic mass is 10.2. The lowest BCUT2D eigenvalue weighted by molar-refractivity contribution is 0.0877. The van der Waals surface area contributed by atoms with Gasteiger partial charge in [-0.05, 0) is 31.4 Å². The first-order valence-corrected chi connectivity index (χ1v) is 12.3.